The van der Waals surface area contributed by atoms with E-state index in [-0.39, 0.29) is 5.91 Å². The molecule has 1 aromatic carbocycles. The maximum Gasteiger partial charge on any atom is 0.223 e. The summed E-state index contributed by atoms with van der Waals surface area (Å²) in [6.07, 6.45) is 4.57. The second kappa shape index (κ2) is 10.1. The van der Waals surface area contributed by atoms with E-state index in [0.29, 0.717) is 25.3 Å². The third-order valence-corrected chi connectivity index (χ3v) is 5.57. The van der Waals surface area contributed by atoms with Crippen molar-refractivity contribution in [3.05, 3.63) is 66.1 Å². The van der Waals surface area contributed by atoms with Gasteiger partial charge in [0.1, 0.15) is 29.5 Å². The number of pyridine rings is 1. The lowest BCUT2D eigenvalue weighted by atomic mass is 10.1. The van der Waals surface area contributed by atoms with Crippen molar-refractivity contribution in [1.29, 1.82) is 0 Å². The third-order valence-electron chi connectivity index (χ3n) is 5.57. The van der Waals surface area contributed by atoms with E-state index < -0.39 is 0 Å². The van der Waals surface area contributed by atoms with Crippen LogP contribution >= 0.6 is 0 Å². The molecule has 4 rings (SSSR count). The molecule has 2 aromatic heterocycles. The number of aryl methyl sites for hydroxylation is 2. The zero-order valence-corrected chi connectivity index (χ0v) is 18.5. The Bertz CT molecular complexity index is 1050. The second-order valence-electron chi connectivity index (χ2n) is 7.82. The smallest absolute Gasteiger partial charge is 0.223 e. The molecule has 0 saturated carbocycles. The summed E-state index contributed by atoms with van der Waals surface area (Å²) in [6, 6.07) is 13.7. The molecule has 1 amide bonds. The average Bonchev–Trinajstić information content (AvgIpc) is 2.83. The van der Waals surface area contributed by atoms with Gasteiger partial charge < -0.3 is 19.9 Å². The molecular weight excluding hydrogens is 404 g/mol. The number of anilines is 3. The molecule has 3 heterocycles. The van der Waals surface area contributed by atoms with Crippen LogP contribution in [-0.2, 0) is 11.2 Å². The minimum Gasteiger partial charge on any atom is -0.497 e. The number of rotatable bonds is 7. The number of amides is 1. The molecule has 8 heteroatoms. The van der Waals surface area contributed by atoms with Crippen molar-refractivity contribution in [2.45, 2.75) is 19.8 Å². The molecule has 1 N–H and O–H groups in total. The van der Waals surface area contributed by atoms with Crippen LogP contribution in [0.2, 0.25) is 0 Å². The Morgan fingerprint density at radius 2 is 1.75 bits per heavy atom. The number of benzene rings is 1. The summed E-state index contributed by atoms with van der Waals surface area (Å²) in [5.41, 5.74) is 2.27. The summed E-state index contributed by atoms with van der Waals surface area (Å²) in [5, 5.41) is 3.23. The van der Waals surface area contributed by atoms with Crippen LogP contribution in [0.1, 0.15) is 17.5 Å². The number of hydrogen-bond acceptors (Lipinski definition) is 7. The van der Waals surface area contributed by atoms with Gasteiger partial charge in [-0.1, -0.05) is 12.1 Å². The fraction of sp³-hybridized carbons (Fsp3) is 0.333. The van der Waals surface area contributed by atoms with Crippen LogP contribution in [0.3, 0.4) is 0 Å². The Morgan fingerprint density at radius 3 is 2.47 bits per heavy atom. The van der Waals surface area contributed by atoms with Crippen LogP contribution < -0.4 is 15.0 Å². The van der Waals surface area contributed by atoms with Crippen molar-refractivity contribution >= 4 is 23.4 Å². The van der Waals surface area contributed by atoms with E-state index >= 15 is 0 Å². The lowest BCUT2D eigenvalue weighted by Gasteiger charge is -2.35. The van der Waals surface area contributed by atoms with Gasteiger partial charge in [-0.2, -0.15) is 0 Å². The highest BCUT2D eigenvalue weighted by Gasteiger charge is 2.22. The van der Waals surface area contributed by atoms with Crippen molar-refractivity contribution < 1.29 is 9.53 Å². The molecule has 0 atom stereocenters. The molecule has 1 aliphatic heterocycles. The van der Waals surface area contributed by atoms with Gasteiger partial charge in [-0.15, -0.1) is 0 Å². The number of nitrogens with zero attached hydrogens (tertiary/aromatic N) is 5. The Kier molecular flexibility index (Phi) is 6.79. The third kappa shape index (κ3) is 5.51. The van der Waals surface area contributed by atoms with Crippen molar-refractivity contribution in [3.8, 4) is 5.75 Å². The number of hydrogen-bond donors (Lipinski definition) is 1. The normalized spacial score (nSPS) is 13.7. The summed E-state index contributed by atoms with van der Waals surface area (Å²) in [5.74, 6) is 3.32. The van der Waals surface area contributed by atoms with Crippen molar-refractivity contribution in [2.75, 3.05) is 43.5 Å². The molecule has 0 bridgehead atoms. The van der Waals surface area contributed by atoms with Gasteiger partial charge in [-0.05, 0) is 48.7 Å². The predicted octanol–water partition coefficient (Wildman–Crippen LogP) is 3.21. The predicted molar refractivity (Wildman–Crippen MR) is 124 cm³/mol. The number of ether oxygens (including phenoxy) is 1. The standard InChI is InChI=1S/C24H28N6O2/c1-18-9-10-25-21(15-18)28-22-16-23(27-17-26-22)29-11-13-30(14-12-29)24(31)8-5-19-3-6-20(32-2)7-4-19/h3-4,6-7,9-10,15-17H,5,8,11-14H2,1-2H3,(H,25,26,27,28). The lowest BCUT2D eigenvalue weighted by molar-refractivity contribution is -0.131. The van der Waals surface area contributed by atoms with Crippen LogP contribution in [0.5, 0.6) is 5.75 Å². The van der Waals surface area contributed by atoms with E-state index in [1.165, 1.54) is 0 Å². The van der Waals surface area contributed by atoms with Crippen LogP contribution in [0.25, 0.3) is 0 Å². The SMILES string of the molecule is COc1ccc(CCC(=O)N2CCN(c3cc(Nc4cc(C)ccn4)ncn3)CC2)cc1. The summed E-state index contributed by atoms with van der Waals surface area (Å²) < 4.78 is 5.18. The van der Waals surface area contributed by atoms with Crippen LogP contribution in [-0.4, -0.2) is 59.0 Å². The molecule has 0 spiro atoms. The number of piperazine rings is 1. The minimum absolute atomic E-state index is 0.191. The zero-order valence-electron chi connectivity index (χ0n) is 18.5. The number of methoxy groups -OCH3 is 1. The van der Waals surface area contributed by atoms with E-state index in [2.05, 4.69) is 25.2 Å². The molecule has 8 nitrogen and oxygen atoms in total. The molecular formula is C24H28N6O2. The van der Waals surface area contributed by atoms with Gasteiger partial charge in [0, 0.05) is 44.9 Å². The quantitative estimate of drug-likeness (QED) is 0.614. The largest absolute Gasteiger partial charge is 0.497 e. The summed E-state index contributed by atoms with van der Waals surface area (Å²) in [4.78, 5) is 29.8. The molecule has 3 aromatic rings. The van der Waals surface area contributed by atoms with Crippen LogP contribution in [0.15, 0.2) is 55.0 Å². The van der Waals surface area contributed by atoms with E-state index in [9.17, 15) is 4.79 Å². The minimum atomic E-state index is 0.191. The first-order valence-electron chi connectivity index (χ1n) is 10.8. The topological polar surface area (TPSA) is 83.5 Å². The number of aromatic nitrogens is 3. The lowest BCUT2D eigenvalue weighted by Crippen LogP contribution is -2.49. The Balaban J connectivity index is 1.28. The number of carbonyl (C=O) groups is 1. The highest BCUT2D eigenvalue weighted by atomic mass is 16.5. The van der Waals surface area contributed by atoms with Gasteiger partial charge in [0.15, 0.2) is 0 Å². The molecule has 1 saturated heterocycles. The number of carbonyl (C=O) groups excluding carboxylic acids is 1. The van der Waals surface area contributed by atoms with Gasteiger partial charge in [0.2, 0.25) is 5.91 Å². The van der Waals surface area contributed by atoms with Crippen LogP contribution in [0.4, 0.5) is 17.5 Å². The van der Waals surface area contributed by atoms with E-state index in [1.807, 2.05) is 54.3 Å². The monoisotopic (exact) mass is 432 g/mol. The Morgan fingerprint density at radius 1 is 1.00 bits per heavy atom. The molecule has 1 fully saturated rings. The molecule has 0 unspecified atom stereocenters. The first-order valence-corrected chi connectivity index (χ1v) is 10.8. The highest BCUT2D eigenvalue weighted by Crippen LogP contribution is 2.20. The molecule has 166 valence electrons. The first-order chi connectivity index (χ1) is 15.6. The molecule has 32 heavy (non-hydrogen) atoms. The Labute approximate surface area is 188 Å². The van der Waals surface area contributed by atoms with Gasteiger partial charge in [-0.3, -0.25) is 4.79 Å². The fourth-order valence-corrected chi connectivity index (χ4v) is 3.71. The summed E-state index contributed by atoms with van der Waals surface area (Å²) in [6.45, 7) is 4.89. The fourth-order valence-electron chi connectivity index (χ4n) is 3.71. The Hall–Kier alpha value is -3.68. The maximum absolute atomic E-state index is 12.7. The molecule has 0 aliphatic carbocycles. The first kappa shape index (κ1) is 21.5. The molecule has 0 radical (unpaired) electrons. The van der Waals surface area contributed by atoms with E-state index in [4.69, 9.17) is 4.74 Å². The van der Waals surface area contributed by atoms with Gasteiger partial charge in [0.25, 0.3) is 0 Å². The van der Waals surface area contributed by atoms with Gasteiger partial charge in [-0.25, -0.2) is 15.0 Å². The maximum atomic E-state index is 12.7. The van der Waals surface area contributed by atoms with E-state index in [0.717, 1.165) is 48.0 Å². The van der Waals surface area contributed by atoms with Crippen molar-refractivity contribution in [3.63, 3.8) is 0 Å². The average molecular weight is 433 g/mol. The van der Waals surface area contributed by atoms with Gasteiger partial charge >= 0.3 is 0 Å². The van der Waals surface area contributed by atoms with Crippen LogP contribution in [0, 0.1) is 6.92 Å². The molecule has 1 aliphatic rings. The zero-order chi connectivity index (χ0) is 22.3. The van der Waals surface area contributed by atoms with Gasteiger partial charge in [0.05, 0.1) is 7.11 Å². The number of nitrogens with one attached hydrogen (secondary N) is 1. The van der Waals surface area contributed by atoms with Crippen molar-refractivity contribution in [1.82, 2.24) is 19.9 Å². The second-order valence-corrected chi connectivity index (χ2v) is 7.82. The summed E-state index contributed by atoms with van der Waals surface area (Å²) >= 11 is 0. The van der Waals surface area contributed by atoms with Crippen molar-refractivity contribution in [2.24, 2.45) is 0 Å². The van der Waals surface area contributed by atoms with E-state index in [1.54, 1.807) is 19.6 Å². The highest BCUT2D eigenvalue weighted by molar-refractivity contribution is 5.76. The summed E-state index contributed by atoms with van der Waals surface area (Å²) in [7, 11) is 1.65.